The van der Waals surface area contributed by atoms with Crippen LogP contribution in [0.1, 0.15) is 27.5 Å². The van der Waals surface area contributed by atoms with Gasteiger partial charge in [-0.05, 0) is 23.8 Å². The topological polar surface area (TPSA) is 105 Å². The Bertz CT molecular complexity index is 1050. The Balaban J connectivity index is 1.95. The first-order valence-electron chi connectivity index (χ1n) is 8.02. The third kappa shape index (κ3) is 3.73. The molecular weight excluding hydrogens is 375 g/mol. The Kier molecular flexibility index (Phi) is 4.91. The molecule has 0 saturated heterocycles. The van der Waals surface area contributed by atoms with Crippen LogP contribution in [-0.4, -0.2) is 21.9 Å². The molecule has 9 heteroatoms. The van der Waals surface area contributed by atoms with E-state index in [-0.39, 0.29) is 16.5 Å². The number of carbonyl (C=O) groups is 2. The van der Waals surface area contributed by atoms with Gasteiger partial charge in [-0.25, -0.2) is 0 Å². The second-order valence-electron chi connectivity index (χ2n) is 5.97. The van der Waals surface area contributed by atoms with Crippen LogP contribution in [0.2, 0.25) is 0 Å². The number of hydrogen-bond acceptors (Lipinski definition) is 4. The first-order valence-corrected chi connectivity index (χ1v) is 8.02. The number of nitrogens with two attached hydrogens (primary N) is 1. The lowest BCUT2D eigenvalue weighted by atomic mass is 10.0. The quantitative estimate of drug-likeness (QED) is 0.638. The van der Waals surface area contributed by atoms with Crippen molar-refractivity contribution < 1.29 is 27.9 Å². The van der Waals surface area contributed by atoms with Crippen LogP contribution in [0, 0.1) is 0 Å². The van der Waals surface area contributed by atoms with Crippen molar-refractivity contribution in [1.82, 2.24) is 10.3 Å². The number of amides is 2. The van der Waals surface area contributed by atoms with Gasteiger partial charge >= 0.3 is 6.18 Å². The summed E-state index contributed by atoms with van der Waals surface area (Å²) in [7, 11) is 0. The van der Waals surface area contributed by atoms with Gasteiger partial charge in [-0.3, -0.25) is 14.6 Å². The fraction of sp³-hybridized carbons (Fsp3) is 0.105. The molecule has 144 valence electrons. The number of hydrogen-bond donors (Lipinski definition) is 3. The molecule has 1 heterocycles. The number of nitrogens with zero attached hydrogens (tertiary/aromatic N) is 1. The van der Waals surface area contributed by atoms with Crippen molar-refractivity contribution in [1.29, 1.82) is 0 Å². The van der Waals surface area contributed by atoms with Gasteiger partial charge in [0.05, 0.1) is 11.1 Å². The van der Waals surface area contributed by atoms with Crippen molar-refractivity contribution in [3.63, 3.8) is 0 Å². The first-order chi connectivity index (χ1) is 13.2. The molecular formula is C19H14F3N3O3. The number of primary amides is 1. The molecule has 0 saturated carbocycles. The Morgan fingerprint density at radius 2 is 1.79 bits per heavy atom. The zero-order chi connectivity index (χ0) is 20.5. The molecule has 0 radical (unpaired) electrons. The number of aromatic nitrogens is 1. The summed E-state index contributed by atoms with van der Waals surface area (Å²) in [4.78, 5) is 28.1. The van der Waals surface area contributed by atoms with Gasteiger partial charge in [0, 0.05) is 11.6 Å². The molecule has 3 rings (SSSR count). The third-order valence-electron chi connectivity index (χ3n) is 4.11. The average Bonchev–Trinajstić information content (AvgIpc) is 2.65. The minimum absolute atomic E-state index is 0.0315. The van der Waals surface area contributed by atoms with Gasteiger partial charge in [0.15, 0.2) is 0 Å². The minimum atomic E-state index is -4.56. The smallest absolute Gasteiger partial charge is 0.416 e. The van der Waals surface area contributed by atoms with Gasteiger partial charge in [0.2, 0.25) is 5.91 Å². The van der Waals surface area contributed by atoms with E-state index in [1.54, 1.807) is 30.3 Å². The second kappa shape index (κ2) is 7.18. The van der Waals surface area contributed by atoms with Gasteiger partial charge < -0.3 is 16.2 Å². The summed E-state index contributed by atoms with van der Waals surface area (Å²) in [6, 6.07) is 9.64. The van der Waals surface area contributed by atoms with Crippen LogP contribution in [0.4, 0.5) is 13.2 Å². The van der Waals surface area contributed by atoms with Crippen molar-refractivity contribution in [3.8, 4) is 5.75 Å². The molecule has 0 fully saturated rings. The van der Waals surface area contributed by atoms with Crippen LogP contribution < -0.4 is 11.1 Å². The lowest BCUT2D eigenvalue weighted by Gasteiger charge is -2.16. The van der Waals surface area contributed by atoms with Crippen LogP contribution in [-0.2, 0) is 11.0 Å². The normalized spacial score (nSPS) is 12.5. The summed E-state index contributed by atoms with van der Waals surface area (Å²) < 4.78 is 38.4. The van der Waals surface area contributed by atoms with Crippen LogP contribution in [0.15, 0.2) is 54.7 Å². The molecule has 0 spiro atoms. The number of pyridine rings is 1. The molecule has 2 amide bonds. The third-order valence-corrected chi connectivity index (χ3v) is 4.11. The fourth-order valence-electron chi connectivity index (χ4n) is 2.69. The molecule has 1 unspecified atom stereocenters. The van der Waals surface area contributed by atoms with Gasteiger partial charge in [0.1, 0.15) is 17.4 Å². The predicted octanol–water partition coefficient (Wildman–Crippen LogP) is 2.92. The highest BCUT2D eigenvalue weighted by Gasteiger charge is 2.31. The molecule has 1 aromatic heterocycles. The number of benzene rings is 2. The van der Waals surface area contributed by atoms with Crippen LogP contribution >= 0.6 is 0 Å². The molecule has 6 nitrogen and oxygen atoms in total. The summed E-state index contributed by atoms with van der Waals surface area (Å²) in [5.74, 6) is -2.21. The average molecular weight is 389 g/mol. The lowest BCUT2D eigenvalue weighted by molar-refractivity contribution is -0.137. The minimum Gasteiger partial charge on any atom is -0.506 e. The molecule has 0 bridgehead atoms. The number of nitrogens with one attached hydrogen (secondary N) is 1. The van der Waals surface area contributed by atoms with Gasteiger partial charge in [0.25, 0.3) is 5.91 Å². The van der Waals surface area contributed by atoms with E-state index in [9.17, 15) is 27.9 Å². The zero-order valence-electron chi connectivity index (χ0n) is 14.2. The SMILES string of the molecule is NC(=O)C(NC(=O)c1cnc2cc(C(F)(F)F)ccc2c1O)c1ccccc1. The molecule has 4 N–H and O–H groups in total. The summed E-state index contributed by atoms with van der Waals surface area (Å²) in [5, 5.41) is 12.7. The Hall–Kier alpha value is -3.62. The first kappa shape index (κ1) is 19.2. The van der Waals surface area contributed by atoms with E-state index < -0.39 is 35.3 Å². The maximum absolute atomic E-state index is 12.8. The van der Waals surface area contributed by atoms with E-state index in [1.165, 1.54) is 0 Å². The second-order valence-corrected chi connectivity index (χ2v) is 5.97. The van der Waals surface area contributed by atoms with Gasteiger partial charge in [-0.2, -0.15) is 13.2 Å². The number of rotatable bonds is 4. The zero-order valence-corrected chi connectivity index (χ0v) is 14.2. The van der Waals surface area contributed by atoms with E-state index >= 15 is 0 Å². The number of fused-ring (bicyclic) bond motifs is 1. The van der Waals surface area contributed by atoms with Gasteiger partial charge in [-0.15, -0.1) is 0 Å². The highest BCUT2D eigenvalue weighted by Crippen LogP contribution is 2.34. The number of aromatic hydroxyl groups is 1. The highest BCUT2D eigenvalue weighted by molar-refractivity contribution is 6.03. The predicted molar refractivity (Wildman–Crippen MR) is 94.3 cm³/mol. The van der Waals surface area contributed by atoms with E-state index in [2.05, 4.69) is 10.3 Å². The van der Waals surface area contributed by atoms with Crippen LogP contribution in [0.3, 0.4) is 0 Å². The maximum atomic E-state index is 12.8. The molecule has 0 aliphatic carbocycles. The van der Waals surface area contributed by atoms with Gasteiger partial charge in [-0.1, -0.05) is 30.3 Å². The summed E-state index contributed by atoms with van der Waals surface area (Å²) >= 11 is 0. The summed E-state index contributed by atoms with van der Waals surface area (Å²) in [5.41, 5.74) is 4.43. The number of carbonyl (C=O) groups excluding carboxylic acids is 2. The molecule has 0 aliphatic heterocycles. The van der Waals surface area contributed by atoms with Crippen molar-refractivity contribution in [3.05, 3.63) is 71.4 Å². The van der Waals surface area contributed by atoms with Crippen molar-refractivity contribution >= 4 is 22.7 Å². The van der Waals surface area contributed by atoms with Crippen LogP contribution in [0.5, 0.6) is 5.75 Å². The lowest BCUT2D eigenvalue weighted by Crippen LogP contribution is -2.37. The Morgan fingerprint density at radius 3 is 2.39 bits per heavy atom. The highest BCUT2D eigenvalue weighted by atomic mass is 19.4. The fourth-order valence-corrected chi connectivity index (χ4v) is 2.69. The molecule has 28 heavy (non-hydrogen) atoms. The maximum Gasteiger partial charge on any atom is 0.416 e. The van der Waals surface area contributed by atoms with Crippen LogP contribution in [0.25, 0.3) is 10.9 Å². The molecule has 2 aromatic carbocycles. The molecule has 1 atom stereocenters. The van der Waals surface area contributed by atoms with E-state index in [4.69, 9.17) is 5.73 Å². The van der Waals surface area contributed by atoms with Crippen molar-refractivity contribution in [2.45, 2.75) is 12.2 Å². The Morgan fingerprint density at radius 1 is 1.11 bits per heavy atom. The summed E-state index contributed by atoms with van der Waals surface area (Å²) in [6.45, 7) is 0. The monoisotopic (exact) mass is 389 g/mol. The Labute approximate surface area is 156 Å². The summed E-state index contributed by atoms with van der Waals surface area (Å²) in [6.07, 6.45) is -3.62. The van der Waals surface area contributed by atoms with E-state index in [1.807, 2.05) is 0 Å². The standard InChI is InChI=1S/C19H14F3N3O3/c20-19(21,22)11-6-7-12-14(8-11)24-9-13(16(12)26)18(28)25-15(17(23)27)10-4-2-1-3-5-10/h1-9,15H,(H2,23,27)(H,24,26)(H,25,28). The molecule has 3 aromatic rings. The van der Waals surface area contributed by atoms with E-state index in [0.717, 1.165) is 24.4 Å². The largest absolute Gasteiger partial charge is 0.506 e. The molecule has 0 aliphatic rings. The van der Waals surface area contributed by atoms with Crippen molar-refractivity contribution in [2.75, 3.05) is 0 Å². The number of alkyl halides is 3. The van der Waals surface area contributed by atoms with Crippen molar-refractivity contribution in [2.24, 2.45) is 5.73 Å². The van der Waals surface area contributed by atoms with E-state index in [0.29, 0.717) is 5.56 Å². The number of halogens is 3.